The number of hydrogen-bond acceptors (Lipinski definition) is 3. The summed E-state index contributed by atoms with van der Waals surface area (Å²) in [4.78, 5) is 6.86. The Bertz CT molecular complexity index is 364. The number of likely N-dealkylation sites (tertiary alicyclic amines) is 1. The number of nitrogens with zero attached hydrogens (tertiary/aromatic N) is 3. The molecule has 1 aromatic rings. The Morgan fingerprint density at radius 1 is 1.37 bits per heavy atom. The second-order valence-electron chi connectivity index (χ2n) is 5.95. The largest absolute Gasteiger partial charge is 0.333 e. The van der Waals surface area contributed by atoms with Crippen LogP contribution in [0.5, 0.6) is 0 Å². The van der Waals surface area contributed by atoms with E-state index in [9.17, 15) is 0 Å². The van der Waals surface area contributed by atoms with Crippen LogP contribution in [0.1, 0.15) is 39.3 Å². The SMILES string of the molecule is CCN1CCC(Cn2cncc2CNC(C)C)CC1. The molecule has 4 nitrogen and oxygen atoms in total. The van der Waals surface area contributed by atoms with Gasteiger partial charge < -0.3 is 14.8 Å². The van der Waals surface area contributed by atoms with Crippen LogP contribution in [0, 0.1) is 5.92 Å². The van der Waals surface area contributed by atoms with Crippen molar-refractivity contribution < 1.29 is 0 Å². The van der Waals surface area contributed by atoms with Gasteiger partial charge in [0.05, 0.1) is 12.0 Å². The fourth-order valence-corrected chi connectivity index (χ4v) is 2.73. The van der Waals surface area contributed by atoms with Crippen LogP contribution < -0.4 is 5.32 Å². The van der Waals surface area contributed by atoms with Gasteiger partial charge in [-0.15, -0.1) is 0 Å². The summed E-state index contributed by atoms with van der Waals surface area (Å²) in [7, 11) is 0. The van der Waals surface area contributed by atoms with Crippen molar-refractivity contribution in [1.82, 2.24) is 19.8 Å². The van der Waals surface area contributed by atoms with Crippen molar-refractivity contribution in [2.75, 3.05) is 19.6 Å². The van der Waals surface area contributed by atoms with E-state index >= 15 is 0 Å². The zero-order valence-electron chi connectivity index (χ0n) is 12.6. The maximum atomic E-state index is 4.31. The van der Waals surface area contributed by atoms with Gasteiger partial charge in [-0.25, -0.2) is 4.98 Å². The zero-order chi connectivity index (χ0) is 13.7. The molecule has 0 spiro atoms. The minimum absolute atomic E-state index is 0.524. The van der Waals surface area contributed by atoms with Gasteiger partial charge in [-0.05, 0) is 38.4 Å². The van der Waals surface area contributed by atoms with Gasteiger partial charge in [0, 0.05) is 25.3 Å². The molecule has 1 aromatic heterocycles. The molecule has 0 bridgehead atoms. The Morgan fingerprint density at radius 3 is 2.74 bits per heavy atom. The molecule has 0 atom stereocenters. The molecule has 19 heavy (non-hydrogen) atoms. The molecule has 0 radical (unpaired) electrons. The smallest absolute Gasteiger partial charge is 0.0948 e. The van der Waals surface area contributed by atoms with Crippen LogP contribution in [0.3, 0.4) is 0 Å². The van der Waals surface area contributed by atoms with Crippen molar-refractivity contribution in [1.29, 1.82) is 0 Å². The summed E-state index contributed by atoms with van der Waals surface area (Å²) in [5.41, 5.74) is 1.31. The lowest BCUT2D eigenvalue weighted by Gasteiger charge is -2.31. The van der Waals surface area contributed by atoms with Crippen LogP contribution in [-0.4, -0.2) is 40.1 Å². The summed E-state index contributed by atoms with van der Waals surface area (Å²) in [6.07, 6.45) is 6.63. The van der Waals surface area contributed by atoms with Crippen molar-refractivity contribution in [3.05, 3.63) is 18.2 Å². The summed E-state index contributed by atoms with van der Waals surface area (Å²) in [5, 5.41) is 3.47. The molecule has 1 saturated heterocycles. The van der Waals surface area contributed by atoms with Crippen molar-refractivity contribution >= 4 is 0 Å². The van der Waals surface area contributed by atoms with Crippen molar-refractivity contribution in [3.63, 3.8) is 0 Å². The topological polar surface area (TPSA) is 33.1 Å². The van der Waals surface area contributed by atoms with Gasteiger partial charge >= 0.3 is 0 Å². The molecule has 108 valence electrons. The third-order valence-corrected chi connectivity index (χ3v) is 4.10. The average Bonchev–Trinajstić information content (AvgIpc) is 2.84. The van der Waals surface area contributed by atoms with E-state index in [0.717, 1.165) is 19.0 Å². The summed E-state index contributed by atoms with van der Waals surface area (Å²) in [5.74, 6) is 0.815. The maximum absolute atomic E-state index is 4.31. The van der Waals surface area contributed by atoms with Gasteiger partial charge in [0.2, 0.25) is 0 Å². The van der Waals surface area contributed by atoms with E-state index in [4.69, 9.17) is 0 Å². The normalized spacial score (nSPS) is 18.3. The number of nitrogens with one attached hydrogen (secondary N) is 1. The molecule has 1 aliphatic rings. The predicted octanol–water partition coefficient (Wildman–Crippen LogP) is 2.11. The third-order valence-electron chi connectivity index (χ3n) is 4.10. The van der Waals surface area contributed by atoms with Gasteiger partial charge in [-0.2, -0.15) is 0 Å². The summed E-state index contributed by atoms with van der Waals surface area (Å²) in [6, 6.07) is 0.524. The van der Waals surface area contributed by atoms with Crippen molar-refractivity contribution in [2.24, 2.45) is 5.92 Å². The number of piperidine rings is 1. The molecule has 1 N–H and O–H groups in total. The fourth-order valence-electron chi connectivity index (χ4n) is 2.73. The molecule has 0 aliphatic carbocycles. The lowest BCUT2D eigenvalue weighted by Crippen LogP contribution is -2.35. The first-order chi connectivity index (χ1) is 9.19. The van der Waals surface area contributed by atoms with Crippen LogP contribution in [0.4, 0.5) is 0 Å². The highest BCUT2D eigenvalue weighted by Gasteiger charge is 2.19. The fraction of sp³-hybridized carbons (Fsp3) is 0.800. The Hall–Kier alpha value is -0.870. The first-order valence-corrected chi connectivity index (χ1v) is 7.63. The van der Waals surface area contributed by atoms with E-state index in [0.29, 0.717) is 6.04 Å². The molecule has 0 saturated carbocycles. The monoisotopic (exact) mass is 264 g/mol. The van der Waals surface area contributed by atoms with Crippen LogP contribution >= 0.6 is 0 Å². The predicted molar refractivity (Wildman–Crippen MR) is 79.0 cm³/mol. The first-order valence-electron chi connectivity index (χ1n) is 7.63. The highest BCUT2D eigenvalue weighted by molar-refractivity contribution is 4.98. The Morgan fingerprint density at radius 2 is 2.11 bits per heavy atom. The second-order valence-corrected chi connectivity index (χ2v) is 5.95. The van der Waals surface area contributed by atoms with Crippen LogP contribution in [0.2, 0.25) is 0 Å². The van der Waals surface area contributed by atoms with Gasteiger partial charge in [-0.1, -0.05) is 20.8 Å². The van der Waals surface area contributed by atoms with Gasteiger partial charge in [0.15, 0.2) is 0 Å². The standard InChI is InChI=1S/C15H28N4/c1-4-18-7-5-14(6-8-18)11-19-12-16-9-15(19)10-17-13(2)3/h9,12-14,17H,4-8,10-11H2,1-3H3. The van der Waals surface area contributed by atoms with Crippen molar-refractivity contribution in [3.8, 4) is 0 Å². The summed E-state index contributed by atoms with van der Waals surface area (Å²) in [6.45, 7) is 12.4. The molecular formula is C15H28N4. The van der Waals surface area contributed by atoms with Crippen molar-refractivity contribution in [2.45, 2.75) is 52.7 Å². The molecule has 2 rings (SSSR count). The minimum atomic E-state index is 0.524. The summed E-state index contributed by atoms with van der Waals surface area (Å²) >= 11 is 0. The van der Waals surface area contributed by atoms with E-state index in [-0.39, 0.29) is 0 Å². The van der Waals surface area contributed by atoms with E-state index in [1.165, 1.54) is 38.2 Å². The molecule has 0 unspecified atom stereocenters. The third kappa shape index (κ3) is 4.32. The lowest BCUT2D eigenvalue weighted by atomic mass is 9.96. The lowest BCUT2D eigenvalue weighted by molar-refractivity contribution is 0.180. The first kappa shape index (κ1) is 14.5. The molecular weight excluding hydrogens is 236 g/mol. The molecule has 0 aromatic carbocycles. The van der Waals surface area contributed by atoms with Crippen LogP contribution in [0.25, 0.3) is 0 Å². The number of aromatic nitrogens is 2. The highest BCUT2D eigenvalue weighted by atomic mass is 15.1. The van der Waals surface area contributed by atoms with E-state index < -0.39 is 0 Å². The molecule has 1 aliphatic heterocycles. The molecule has 1 fully saturated rings. The van der Waals surface area contributed by atoms with Gasteiger partial charge in [-0.3, -0.25) is 0 Å². The van der Waals surface area contributed by atoms with E-state index in [2.05, 4.69) is 40.5 Å². The Kier molecular flexibility index (Phi) is 5.40. The number of hydrogen-bond donors (Lipinski definition) is 1. The van der Waals surface area contributed by atoms with Crippen LogP contribution in [0.15, 0.2) is 12.5 Å². The Balaban J connectivity index is 1.84. The molecule has 0 amide bonds. The average molecular weight is 264 g/mol. The second kappa shape index (κ2) is 7.06. The van der Waals surface area contributed by atoms with E-state index in [1.54, 1.807) is 0 Å². The number of rotatable bonds is 6. The van der Waals surface area contributed by atoms with Crippen LogP contribution in [-0.2, 0) is 13.1 Å². The summed E-state index contributed by atoms with van der Waals surface area (Å²) < 4.78 is 2.33. The maximum Gasteiger partial charge on any atom is 0.0948 e. The van der Waals surface area contributed by atoms with Gasteiger partial charge in [0.1, 0.15) is 0 Å². The quantitative estimate of drug-likeness (QED) is 0.854. The zero-order valence-corrected chi connectivity index (χ0v) is 12.6. The molecule has 4 heteroatoms. The minimum Gasteiger partial charge on any atom is -0.333 e. The molecule has 2 heterocycles. The van der Waals surface area contributed by atoms with E-state index in [1.807, 2.05) is 12.5 Å². The Labute approximate surface area is 117 Å². The van der Waals surface area contributed by atoms with Gasteiger partial charge in [0.25, 0.3) is 0 Å². The number of imidazole rings is 1. The highest BCUT2D eigenvalue weighted by Crippen LogP contribution is 2.19.